The van der Waals surface area contributed by atoms with Crippen LogP contribution in [-0.2, 0) is 17.8 Å². The Labute approximate surface area is 215 Å². The average Bonchev–Trinajstić information content (AvgIpc) is 2.91. The van der Waals surface area contributed by atoms with Crippen molar-refractivity contribution < 1.29 is 18.3 Å². The van der Waals surface area contributed by atoms with Crippen molar-refractivity contribution in [2.75, 3.05) is 44.7 Å². The lowest BCUT2D eigenvalue weighted by Crippen LogP contribution is -2.45. The molecule has 0 radical (unpaired) electrons. The van der Waals surface area contributed by atoms with Crippen molar-refractivity contribution in [2.45, 2.75) is 32.2 Å². The van der Waals surface area contributed by atoms with E-state index >= 15 is 0 Å². The molecule has 0 unspecified atom stereocenters. The van der Waals surface area contributed by atoms with Gasteiger partial charge in [-0.25, -0.2) is 13.8 Å². The summed E-state index contributed by atoms with van der Waals surface area (Å²) < 4.78 is 34.0. The number of halogens is 2. The van der Waals surface area contributed by atoms with Crippen LogP contribution in [0.1, 0.15) is 36.1 Å². The maximum Gasteiger partial charge on any atom is 0.230 e. The van der Waals surface area contributed by atoms with Gasteiger partial charge in [0.25, 0.3) is 0 Å². The SMILES string of the molecule is CC[C@@H](C(=O)N1CCc2nc(N3CCN(C)CC3)nc(Oc3ccc(F)cc3F)c2C1)c1ccccc1. The molecule has 1 saturated heterocycles. The number of rotatable bonds is 6. The smallest absolute Gasteiger partial charge is 0.230 e. The van der Waals surface area contributed by atoms with Crippen LogP contribution < -0.4 is 9.64 Å². The number of aromatic nitrogens is 2. The van der Waals surface area contributed by atoms with Crippen LogP contribution in [0.5, 0.6) is 11.6 Å². The fraction of sp³-hybridized carbons (Fsp3) is 0.393. The fourth-order valence-electron chi connectivity index (χ4n) is 4.91. The van der Waals surface area contributed by atoms with Gasteiger partial charge in [-0.2, -0.15) is 4.98 Å². The predicted molar refractivity (Wildman–Crippen MR) is 137 cm³/mol. The molecule has 3 aromatic rings. The molecule has 0 spiro atoms. The maximum atomic E-state index is 14.5. The van der Waals surface area contributed by atoms with Crippen LogP contribution in [0.4, 0.5) is 14.7 Å². The van der Waals surface area contributed by atoms with Gasteiger partial charge in [-0.1, -0.05) is 37.3 Å². The number of benzene rings is 2. The molecule has 7 nitrogen and oxygen atoms in total. The van der Waals surface area contributed by atoms with E-state index in [1.54, 1.807) is 4.90 Å². The van der Waals surface area contributed by atoms with Gasteiger partial charge in [0.05, 0.1) is 23.7 Å². The van der Waals surface area contributed by atoms with Crippen LogP contribution in [0, 0.1) is 11.6 Å². The first-order valence-electron chi connectivity index (χ1n) is 12.7. The number of fused-ring (bicyclic) bond motifs is 1. The number of hydrogen-bond acceptors (Lipinski definition) is 6. The molecule has 3 heterocycles. The molecule has 5 rings (SSSR count). The van der Waals surface area contributed by atoms with E-state index in [1.807, 2.05) is 37.3 Å². The Morgan fingerprint density at radius 1 is 1.03 bits per heavy atom. The molecule has 1 amide bonds. The molecular formula is C28H31F2N5O2. The zero-order valence-corrected chi connectivity index (χ0v) is 21.2. The van der Waals surface area contributed by atoms with Crippen molar-refractivity contribution in [1.82, 2.24) is 19.8 Å². The van der Waals surface area contributed by atoms with Crippen molar-refractivity contribution in [3.63, 3.8) is 0 Å². The zero-order valence-electron chi connectivity index (χ0n) is 21.2. The Morgan fingerprint density at radius 3 is 2.49 bits per heavy atom. The molecule has 0 saturated carbocycles. The van der Waals surface area contributed by atoms with Crippen LogP contribution >= 0.6 is 0 Å². The molecule has 37 heavy (non-hydrogen) atoms. The topological polar surface area (TPSA) is 61.8 Å². The Bertz CT molecular complexity index is 1260. The normalized spacial score (nSPS) is 16.9. The third kappa shape index (κ3) is 5.41. The number of carbonyl (C=O) groups is 1. The second-order valence-corrected chi connectivity index (χ2v) is 9.60. The van der Waals surface area contributed by atoms with Gasteiger partial charge in [-0.3, -0.25) is 4.79 Å². The van der Waals surface area contributed by atoms with E-state index in [0.29, 0.717) is 30.9 Å². The number of hydrogen-bond donors (Lipinski definition) is 0. The van der Waals surface area contributed by atoms with E-state index in [1.165, 1.54) is 6.07 Å². The minimum absolute atomic E-state index is 0.0291. The lowest BCUT2D eigenvalue weighted by atomic mass is 9.94. The third-order valence-electron chi connectivity index (χ3n) is 7.12. The average molecular weight is 508 g/mol. The second kappa shape index (κ2) is 10.8. The molecule has 2 aliphatic rings. The molecule has 2 aliphatic heterocycles. The summed E-state index contributed by atoms with van der Waals surface area (Å²) in [6, 6.07) is 12.9. The van der Waals surface area contributed by atoms with E-state index in [4.69, 9.17) is 9.72 Å². The van der Waals surface area contributed by atoms with Crippen LogP contribution in [0.25, 0.3) is 0 Å². The molecular weight excluding hydrogens is 476 g/mol. The fourth-order valence-corrected chi connectivity index (χ4v) is 4.91. The van der Waals surface area contributed by atoms with Crippen LogP contribution in [0.3, 0.4) is 0 Å². The van der Waals surface area contributed by atoms with Crippen LogP contribution in [0.15, 0.2) is 48.5 Å². The number of piperazine rings is 1. The van der Waals surface area contributed by atoms with Gasteiger partial charge in [0.2, 0.25) is 17.7 Å². The number of nitrogens with zero attached hydrogens (tertiary/aromatic N) is 5. The van der Waals surface area contributed by atoms with Gasteiger partial charge in [0.1, 0.15) is 5.82 Å². The largest absolute Gasteiger partial charge is 0.435 e. The lowest BCUT2D eigenvalue weighted by Gasteiger charge is -2.35. The molecule has 0 aliphatic carbocycles. The third-order valence-corrected chi connectivity index (χ3v) is 7.12. The highest BCUT2D eigenvalue weighted by atomic mass is 19.1. The minimum Gasteiger partial charge on any atom is -0.435 e. The summed E-state index contributed by atoms with van der Waals surface area (Å²) in [6.45, 7) is 6.08. The van der Waals surface area contributed by atoms with Gasteiger partial charge in [-0.15, -0.1) is 0 Å². The lowest BCUT2D eigenvalue weighted by molar-refractivity contribution is -0.133. The molecule has 1 aromatic heterocycles. The summed E-state index contributed by atoms with van der Waals surface area (Å²) >= 11 is 0. The standard InChI is InChI=1S/C28H31F2N5O2/c1-3-21(19-7-5-4-6-8-19)27(36)35-12-11-24-22(18-35)26(37-25-10-9-20(29)17-23(25)30)32-28(31-24)34-15-13-33(2)14-16-34/h4-10,17,21H,3,11-16,18H2,1-2H3/t21-/m1/s1. The first-order chi connectivity index (χ1) is 17.9. The monoisotopic (exact) mass is 507 g/mol. The number of likely N-dealkylation sites (N-methyl/N-ethyl adjacent to an activating group) is 1. The van der Waals surface area contributed by atoms with Gasteiger partial charge < -0.3 is 19.4 Å². The van der Waals surface area contributed by atoms with Gasteiger partial charge in [-0.05, 0) is 31.2 Å². The molecule has 0 bridgehead atoms. The number of ether oxygens (including phenoxy) is 1. The van der Waals surface area contributed by atoms with Gasteiger partial charge >= 0.3 is 0 Å². The minimum atomic E-state index is -0.813. The van der Waals surface area contributed by atoms with Crippen LogP contribution in [0.2, 0.25) is 0 Å². The van der Waals surface area contributed by atoms with Crippen molar-refractivity contribution in [3.8, 4) is 11.6 Å². The van der Waals surface area contributed by atoms with Crippen molar-refractivity contribution >= 4 is 11.9 Å². The molecule has 1 atom stereocenters. The van der Waals surface area contributed by atoms with Crippen molar-refractivity contribution in [2.24, 2.45) is 0 Å². The first kappa shape index (κ1) is 25.1. The summed E-state index contributed by atoms with van der Waals surface area (Å²) in [4.78, 5) is 29.2. The Kier molecular flexibility index (Phi) is 7.32. The summed E-state index contributed by atoms with van der Waals surface area (Å²) in [7, 11) is 2.07. The molecule has 194 valence electrons. The highest BCUT2D eigenvalue weighted by Gasteiger charge is 2.32. The number of anilines is 1. The van der Waals surface area contributed by atoms with Crippen molar-refractivity contribution in [3.05, 3.63) is 77.0 Å². The molecule has 2 aromatic carbocycles. The summed E-state index contributed by atoms with van der Waals surface area (Å²) in [6.07, 6.45) is 1.22. The van der Waals surface area contributed by atoms with Crippen LogP contribution in [-0.4, -0.2) is 65.4 Å². The Balaban J connectivity index is 1.47. The number of amides is 1. The first-order valence-corrected chi connectivity index (χ1v) is 12.7. The summed E-state index contributed by atoms with van der Waals surface area (Å²) in [5, 5.41) is 0. The Morgan fingerprint density at radius 2 is 1.78 bits per heavy atom. The zero-order chi connectivity index (χ0) is 25.9. The molecule has 0 N–H and O–H groups in total. The second-order valence-electron chi connectivity index (χ2n) is 9.60. The van der Waals surface area contributed by atoms with E-state index in [0.717, 1.165) is 49.6 Å². The van der Waals surface area contributed by atoms with Gasteiger partial charge in [0.15, 0.2) is 11.6 Å². The molecule has 1 fully saturated rings. The highest BCUT2D eigenvalue weighted by Crippen LogP contribution is 2.34. The Hall–Kier alpha value is -3.59. The van der Waals surface area contributed by atoms with E-state index in [2.05, 4.69) is 21.8 Å². The predicted octanol–water partition coefficient (Wildman–Crippen LogP) is 4.38. The summed E-state index contributed by atoms with van der Waals surface area (Å²) in [5.74, 6) is -1.11. The summed E-state index contributed by atoms with van der Waals surface area (Å²) in [5.41, 5.74) is 2.43. The maximum absolute atomic E-state index is 14.5. The van der Waals surface area contributed by atoms with Crippen molar-refractivity contribution in [1.29, 1.82) is 0 Å². The highest BCUT2D eigenvalue weighted by molar-refractivity contribution is 5.84. The quantitative estimate of drug-likeness (QED) is 0.494. The van der Waals surface area contributed by atoms with E-state index in [-0.39, 0.29) is 30.0 Å². The van der Waals surface area contributed by atoms with Gasteiger partial charge in [0, 0.05) is 45.2 Å². The number of carbonyl (C=O) groups excluding carboxylic acids is 1. The molecule has 9 heteroatoms. The van der Waals surface area contributed by atoms with E-state index < -0.39 is 11.6 Å². The van der Waals surface area contributed by atoms with E-state index in [9.17, 15) is 13.6 Å².